The Morgan fingerprint density at radius 1 is 1.21 bits per heavy atom. The third kappa shape index (κ3) is 6.12. The Balaban J connectivity index is 1.56. The van der Waals surface area contributed by atoms with E-state index in [4.69, 9.17) is 33.4 Å². The number of nitrogens with one attached hydrogen (secondary N) is 3. The van der Waals surface area contributed by atoms with Gasteiger partial charge in [0.1, 0.15) is 5.69 Å². The Labute approximate surface area is 207 Å². The third-order valence-electron chi connectivity index (χ3n) is 5.64. The third-order valence-corrected chi connectivity index (χ3v) is 7.95. The molecule has 188 valence electrons. The highest BCUT2D eigenvalue weighted by Crippen LogP contribution is 2.32. The fourth-order valence-corrected chi connectivity index (χ4v) is 5.37. The van der Waals surface area contributed by atoms with Crippen molar-refractivity contribution < 1.29 is 28.2 Å². The molecule has 1 aliphatic heterocycles. The van der Waals surface area contributed by atoms with E-state index in [0.717, 1.165) is 9.82 Å². The molecule has 1 unspecified atom stereocenters. The lowest BCUT2D eigenvalue weighted by molar-refractivity contribution is -0.0495. The lowest BCUT2D eigenvalue weighted by atomic mass is 10.1. The molecule has 34 heavy (non-hydrogen) atoms. The number of nitrogens with zero attached hydrogens (tertiary/aromatic N) is 2. The van der Waals surface area contributed by atoms with Crippen LogP contribution in [-0.2, 0) is 17.3 Å². The maximum atomic E-state index is 12.9. The minimum atomic E-state index is -4.09. The molecule has 2 aromatic rings. The van der Waals surface area contributed by atoms with Gasteiger partial charge < -0.3 is 25.4 Å². The fourth-order valence-electron chi connectivity index (χ4n) is 3.88. The molecule has 1 aromatic carbocycles. The number of carbonyl (C=O) groups excluding carboxylic acids is 2. The van der Waals surface area contributed by atoms with Crippen LogP contribution in [0.5, 0.6) is 0 Å². The van der Waals surface area contributed by atoms with Gasteiger partial charge >= 0.3 is 16.2 Å². The number of fused-ring (bicyclic) bond motifs is 1. The number of amides is 3. The van der Waals surface area contributed by atoms with Crippen LogP contribution in [0.3, 0.4) is 0 Å². The van der Waals surface area contributed by atoms with Crippen LogP contribution in [0.25, 0.3) is 10.9 Å². The molecule has 0 saturated carbocycles. The van der Waals surface area contributed by atoms with Crippen LogP contribution in [0.1, 0.15) is 36.7 Å². The van der Waals surface area contributed by atoms with Crippen molar-refractivity contribution in [1.82, 2.24) is 24.2 Å². The zero-order valence-corrected chi connectivity index (χ0v) is 20.9. The van der Waals surface area contributed by atoms with E-state index in [1.165, 1.54) is 6.92 Å². The Morgan fingerprint density at radius 3 is 2.47 bits per heavy atom. The van der Waals surface area contributed by atoms with Crippen molar-refractivity contribution >= 4 is 56.3 Å². The van der Waals surface area contributed by atoms with Crippen LogP contribution in [0.2, 0.25) is 10.0 Å². The van der Waals surface area contributed by atoms with Gasteiger partial charge in [0.15, 0.2) is 6.29 Å². The molecule has 2 heterocycles. The number of aliphatic hydroxyl groups is 2. The van der Waals surface area contributed by atoms with Gasteiger partial charge in [0.05, 0.1) is 10.0 Å². The number of aryl methyl sites for hydroxylation is 1. The maximum Gasteiger partial charge on any atom is 0.329 e. The zero-order valence-electron chi connectivity index (χ0n) is 18.6. The number of urea groups is 1. The molecule has 0 bridgehead atoms. The van der Waals surface area contributed by atoms with E-state index in [2.05, 4.69) is 10.6 Å². The molecule has 14 heteroatoms. The topological polar surface area (TPSA) is 153 Å². The van der Waals surface area contributed by atoms with Gasteiger partial charge in [-0.25, -0.2) is 9.52 Å². The monoisotopic (exact) mass is 535 g/mol. The molecule has 0 radical (unpaired) electrons. The molecule has 0 aliphatic carbocycles. The molecular formula is C20H27Cl2N5O6S. The van der Waals surface area contributed by atoms with Gasteiger partial charge in [0.2, 0.25) is 0 Å². The highest BCUT2D eigenvalue weighted by atomic mass is 35.5. The molecule has 1 saturated heterocycles. The fraction of sp³-hybridized carbons (Fsp3) is 0.500. The van der Waals surface area contributed by atoms with Gasteiger partial charge in [-0.15, -0.1) is 0 Å². The van der Waals surface area contributed by atoms with Crippen molar-refractivity contribution in [3.8, 4) is 0 Å². The smallest absolute Gasteiger partial charge is 0.329 e. The zero-order chi connectivity index (χ0) is 25.2. The molecule has 5 N–H and O–H groups in total. The molecular weight excluding hydrogens is 509 g/mol. The SMILES string of the molecule is CC(CC(O)O)NC(=O)NS(=O)(=O)N1CCC(NC(=O)c2cc3c(Cl)c(Cl)ccc3n2C)CC1. The van der Waals surface area contributed by atoms with E-state index in [9.17, 15) is 18.0 Å². The summed E-state index contributed by atoms with van der Waals surface area (Å²) in [6.45, 7) is 1.72. The summed E-state index contributed by atoms with van der Waals surface area (Å²) < 4.78 is 29.7. The van der Waals surface area contributed by atoms with Crippen molar-refractivity contribution in [2.45, 2.75) is 44.6 Å². The van der Waals surface area contributed by atoms with Gasteiger partial charge in [-0.1, -0.05) is 23.2 Å². The summed E-state index contributed by atoms with van der Waals surface area (Å²) in [7, 11) is -2.35. The Kier molecular flexibility index (Phi) is 8.32. The summed E-state index contributed by atoms with van der Waals surface area (Å²) in [5.74, 6) is -0.315. The first-order chi connectivity index (χ1) is 15.9. The standard InChI is InChI=1S/C20H27Cl2N5O6S/c1-11(9-17(28)29)23-20(31)25-34(32,33)27-7-5-12(6-8-27)24-19(30)16-10-13-15(26(16)2)4-3-14(21)18(13)22/h3-4,10-12,17,28-29H,5-9H2,1-2H3,(H,24,30)(H2,23,25,31). The largest absolute Gasteiger partial charge is 0.368 e. The molecule has 1 atom stereocenters. The summed E-state index contributed by atoms with van der Waals surface area (Å²) >= 11 is 12.3. The average molecular weight is 536 g/mol. The number of piperidine rings is 1. The summed E-state index contributed by atoms with van der Waals surface area (Å²) in [4.78, 5) is 24.8. The van der Waals surface area contributed by atoms with Crippen LogP contribution in [0.4, 0.5) is 4.79 Å². The lowest BCUT2D eigenvalue weighted by Crippen LogP contribution is -2.53. The number of halogens is 2. The van der Waals surface area contributed by atoms with Crippen molar-refractivity contribution in [2.75, 3.05) is 13.1 Å². The summed E-state index contributed by atoms with van der Waals surface area (Å²) in [5.41, 5.74) is 1.15. The van der Waals surface area contributed by atoms with Gasteiger partial charge in [-0.05, 0) is 38.0 Å². The van der Waals surface area contributed by atoms with E-state index in [1.54, 1.807) is 29.8 Å². The lowest BCUT2D eigenvalue weighted by Gasteiger charge is -2.31. The van der Waals surface area contributed by atoms with Gasteiger partial charge in [0.25, 0.3) is 5.91 Å². The van der Waals surface area contributed by atoms with Gasteiger partial charge in [0, 0.05) is 49.5 Å². The Bertz CT molecular complexity index is 1180. The number of hydrogen-bond donors (Lipinski definition) is 5. The minimum absolute atomic E-state index is 0.106. The number of benzene rings is 1. The van der Waals surface area contributed by atoms with Crippen LogP contribution < -0.4 is 15.4 Å². The van der Waals surface area contributed by atoms with Crippen LogP contribution in [-0.4, -0.2) is 70.9 Å². The maximum absolute atomic E-state index is 12.9. The van der Waals surface area contributed by atoms with Crippen LogP contribution in [0, 0.1) is 0 Å². The number of hydrogen-bond acceptors (Lipinski definition) is 6. The molecule has 3 rings (SSSR count). The highest BCUT2D eigenvalue weighted by molar-refractivity contribution is 7.87. The number of carbonyl (C=O) groups is 2. The number of rotatable bonds is 7. The predicted octanol–water partition coefficient (Wildman–Crippen LogP) is 1.31. The molecule has 1 aliphatic rings. The quantitative estimate of drug-likeness (QED) is 0.337. The van der Waals surface area contributed by atoms with E-state index in [1.807, 2.05) is 4.72 Å². The molecule has 3 amide bonds. The Morgan fingerprint density at radius 2 is 1.85 bits per heavy atom. The Hall–Kier alpha value is -2.09. The van der Waals surface area contributed by atoms with Crippen molar-refractivity contribution in [3.63, 3.8) is 0 Å². The van der Waals surface area contributed by atoms with E-state index in [-0.39, 0.29) is 31.5 Å². The second kappa shape index (κ2) is 10.7. The average Bonchev–Trinajstić information content (AvgIpc) is 3.07. The summed E-state index contributed by atoms with van der Waals surface area (Å²) in [5, 5.41) is 24.5. The normalized spacial score (nSPS) is 16.6. The summed E-state index contributed by atoms with van der Waals surface area (Å²) in [6, 6.07) is 3.25. The molecule has 0 spiro atoms. The molecule has 11 nitrogen and oxygen atoms in total. The summed E-state index contributed by atoms with van der Waals surface area (Å²) in [6.07, 6.45) is -1.05. The highest BCUT2D eigenvalue weighted by Gasteiger charge is 2.31. The van der Waals surface area contributed by atoms with Crippen molar-refractivity contribution in [2.24, 2.45) is 7.05 Å². The molecule has 1 aromatic heterocycles. The number of aromatic nitrogens is 1. The first-order valence-corrected chi connectivity index (χ1v) is 12.8. The number of aliphatic hydroxyl groups excluding tert-OH is 1. The first kappa shape index (κ1) is 26.5. The van der Waals surface area contributed by atoms with E-state index >= 15 is 0 Å². The van der Waals surface area contributed by atoms with Gasteiger partial charge in [-0.2, -0.15) is 12.7 Å². The van der Waals surface area contributed by atoms with Crippen molar-refractivity contribution in [1.29, 1.82) is 0 Å². The predicted molar refractivity (Wildman–Crippen MR) is 128 cm³/mol. The second-order valence-corrected chi connectivity index (χ2v) is 10.7. The van der Waals surface area contributed by atoms with Crippen molar-refractivity contribution in [3.05, 3.63) is 33.9 Å². The molecule has 1 fully saturated rings. The van der Waals surface area contributed by atoms with E-state index < -0.39 is 28.6 Å². The van der Waals surface area contributed by atoms with E-state index in [0.29, 0.717) is 34.0 Å². The van der Waals surface area contributed by atoms with Crippen LogP contribution >= 0.6 is 23.2 Å². The van der Waals surface area contributed by atoms with Gasteiger partial charge in [-0.3, -0.25) is 4.79 Å². The second-order valence-electron chi connectivity index (χ2n) is 8.23. The minimum Gasteiger partial charge on any atom is -0.368 e. The first-order valence-electron chi connectivity index (χ1n) is 10.6. The van der Waals surface area contributed by atoms with Crippen LogP contribution in [0.15, 0.2) is 18.2 Å².